The van der Waals surface area contributed by atoms with Gasteiger partial charge in [0.25, 0.3) is 5.91 Å². The Labute approximate surface area is 143 Å². The number of carbonyl (C=O) groups is 2. The molecule has 0 unspecified atom stereocenters. The molecule has 7 heteroatoms. The summed E-state index contributed by atoms with van der Waals surface area (Å²) in [6.45, 7) is 1.27. The van der Waals surface area contributed by atoms with Crippen molar-refractivity contribution in [3.8, 4) is 5.75 Å². The molecule has 0 spiro atoms. The fraction of sp³-hybridized carbons (Fsp3) is 0.176. The van der Waals surface area contributed by atoms with Crippen LogP contribution in [0.4, 0.5) is 10.1 Å². The summed E-state index contributed by atoms with van der Waals surface area (Å²) in [5.74, 6) is -1.94. The van der Waals surface area contributed by atoms with Crippen molar-refractivity contribution in [2.24, 2.45) is 0 Å². The quantitative estimate of drug-likeness (QED) is 0.836. The van der Waals surface area contributed by atoms with Gasteiger partial charge in [0.05, 0.1) is 17.8 Å². The average Bonchev–Trinajstić information content (AvgIpc) is 2.53. The second kappa shape index (κ2) is 7.79. The number of anilines is 1. The molecule has 5 nitrogen and oxygen atoms in total. The van der Waals surface area contributed by atoms with Gasteiger partial charge in [0.2, 0.25) is 0 Å². The van der Waals surface area contributed by atoms with Gasteiger partial charge >= 0.3 is 5.97 Å². The van der Waals surface area contributed by atoms with Gasteiger partial charge in [-0.3, -0.25) is 4.79 Å². The first-order valence-electron chi connectivity index (χ1n) is 6.98. The van der Waals surface area contributed by atoms with E-state index in [-0.39, 0.29) is 5.02 Å². The van der Waals surface area contributed by atoms with Crippen LogP contribution in [0, 0.1) is 12.7 Å². The van der Waals surface area contributed by atoms with Crippen molar-refractivity contribution in [1.29, 1.82) is 0 Å². The molecular formula is C17H15ClFNO4. The molecule has 1 N–H and O–H groups in total. The third kappa shape index (κ3) is 4.23. The van der Waals surface area contributed by atoms with Crippen LogP contribution in [-0.4, -0.2) is 25.6 Å². The van der Waals surface area contributed by atoms with Crippen LogP contribution in [0.2, 0.25) is 5.02 Å². The van der Waals surface area contributed by atoms with Crippen molar-refractivity contribution in [2.45, 2.75) is 6.92 Å². The first kappa shape index (κ1) is 17.7. The van der Waals surface area contributed by atoms with E-state index in [4.69, 9.17) is 21.1 Å². The van der Waals surface area contributed by atoms with Gasteiger partial charge in [-0.2, -0.15) is 0 Å². The third-order valence-electron chi connectivity index (χ3n) is 3.13. The number of rotatable bonds is 5. The van der Waals surface area contributed by atoms with E-state index in [2.05, 4.69) is 5.32 Å². The number of carbonyl (C=O) groups excluding carboxylic acids is 2. The maximum atomic E-state index is 13.6. The van der Waals surface area contributed by atoms with Crippen molar-refractivity contribution >= 4 is 29.2 Å². The lowest BCUT2D eigenvalue weighted by Gasteiger charge is -2.11. The zero-order valence-electron chi connectivity index (χ0n) is 13.1. The summed E-state index contributed by atoms with van der Waals surface area (Å²) in [6, 6.07) is 9.06. The zero-order chi connectivity index (χ0) is 17.7. The monoisotopic (exact) mass is 351 g/mol. The summed E-state index contributed by atoms with van der Waals surface area (Å²) in [4.78, 5) is 23.8. The number of halogens is 2. The molecule has 0 atom stereocenters. The van der Waals surface area contributed by atoms with E-state index in [1.165, 1.54) is 19.2 Å². The number of esters is 1. The average molecular weight is 352 g/mol. The minimum Gasteiger partial charge on any atom is -0.495 e. The van der Waals surface area contributed by atoms with E-state index in [1.807, 2.05) is 13.0 Å². The number of ether oxygens (including phenoxy) is 2. The van der Waals surface area contributed by atoms with Crippen LogP contribution in [0.15, 0.2) is 36.4 Å². The Bertz CT molecular complexity index is 759. The van der Waals surface area contributed by atoms with E-state index in [0.29, 0.717) is 11.4 Å². The van der Waals surface area contributed by atoms with E-state index < -0.39 is 29.9 Å². The van der Waals surface area contributed by atoms with Crippen LogP contribution < -0.4 is 10.1 Å². The smallest absolute Gasteiger partial charge is 0.343 e. The summed E-state index contributed by atoms with van der Waals surface area (Å²) in [6.07, 6.45) is 0. The van der Waals surface area contributed by atoms with Crippen molar-refractivity contribution in [3.05, 3.63) is 58.4 Å². The molecule has 1 amide bonds. The molecule has 0 radical (unpaired) electrons. The normalized spacial score (nSPS) is 10.2. The Hall–Kier alpha value is -2.60. The highest BCUT2D eigenvalue weighted by atomic mass is 35.5. The van der Waals surface area contributed by atoms with Crippen molar-refractivity contribution in [2.75, 3.05) is 19.0 Å². The van der Waals surface area contributed by atoms with Crippen LogP contribution in [0.25, 0.3) is 0 Å². The molecule has 0 aliphatic rings. The summed E-state index contributed by atoms with van der Waals surface area (Å²) < 4.78 is 23.6. The van der Waals surface area contributed by atoms with Gasteiger partial charge in [0, 0.05) is 0 Å². The second-order valence-electron chi connectivity index (χ2n) is 4.92. The van der Waals surface area contributed by atoms with Gasteiger partial charge in [-0.05, 0) is 36.8 Å². The van der Waals surface area contributed by atoms with E-state index in [1.54, 1.807) is 12.1 Å². The summed E-state index contributed by atoms with van der Waals surface area (Å²) in [5, 5.41) is 2.49. The third-order valence-corrected chi connectivity index (χ3v) is 3.45. The molecule has 0 fully saturated rings. The molecule has 0 aromatic heterocycles. The highest BCUT2D eigenvalue weighted by Crippen LogP contribution is 2.25. The van der Waals surface area contributed by atoms with E-state index in [9.17, 15) is 14.0 Å². The van der Waals surface area contributed by atoms with Crippen LogP contribution in [0.3, 0.4) is 0 Å². The summed E-state index contributed by atoms with van der Waals surface area (Å²) in [7, 11) is 1.47. The number of hydrogen-bond donors (Lipinski definition) is 1. The van der Waals surface area contributed by atoms with Crippen molar-refractivity contribution in [3.63, 3.8) is 0 Å². The maximum Gasteiger partial charge on any atom is 0.343 e. The molecule has 0 saturated carbocycles. The Morgan fingerprint density at radius 3 is 2.67 bits per heavy atom. The van der Waals surface area contributed by atoms with E-state index in [0.717, 1.165) is 11.6 Å². The molecule has 2 aromatic rings. The van der Waals surface area contributed by atoms with Crippen LogP contribution >= 0.6 is 11.6 Å². The number of hydrogen-bond acceptors (Lipinski definition) is 4. The van der Waals surface area contributed by atoms with Gasteiger partial charge < -0.3 is 14.8 Å². The molecule has 0 bridgehead atoms. The van der Waals surface area contributed by atoms with Crippen LogP contribution in [0.1, 0.15) is 15.9 Å². The molecule has 0 aliphatic heterocycles. The lowest BCUT2D eigenvalue weighted by atomic mass is 10.2. The lowest BCUT2D eigenvalue weighted by Crippen LogP contribution is -2.21. The second-order valence-corrected chi connectivity index (χ2v) is 5.33. The first-order valence-corrected chi connectivity index (χ1v) is 7.35. The SMILES string of the molecule is COc1ccc(C)cc1NC(=O)COC(=O)c1c(F)cccc1Cl. The highest BCUT2D eigenvalue weighted by Gasteiger charge is 2.18. The number of amides is 1. The summed E-state index contributed by atoms with van der Waals surface area (Å²) in [5.41, 5.74) is 0.962. The Morgan fingerprint density at radius 1 is 1.25 bits per heavy atom. The van der Waals surface area contributed by atoms with Crippen LogP contribution in [-0.2, 0) is 9.53 Å². The molecule has 24 heavy (non-hydrogen) atoms. The highest BCUT2D eigenvalue weighted by molar-refractivity contribution is 6.33. The fourth-order valence-electron chi connectivity index (χ4n) is 2.00. The van der Waals surface area contributed by atoms with E-state index >= 15 is 0 Å². The molecule has 0 saturated heterocycles. The summed E-state index contributed by atoms with van der Waals surface area (Å²) >= 11 is 5.77. The molecular weight excluding hydrogens is 337 g/mol. The zero-order valence-corrected chi connectivity index (χ0v) is 13.8. The fourth-order valence-corrected chi connectivity index (χ4v) is 2.24. The molecule has 126 valence electrons. The Kier molecular flexibility index (Phi) is 5.76. The van der Waals surface area contributed by atoms with Crippen molar-refractivity contribution < 1.29 is 23.5 Å². The number of methoxy groups -OCH3 is 1. The maximum absolute atomic E-state index is 13.6. The number of nitrogens with one attached hydrogen (secondary N) is 1. The Balaban J connectivity index is 2.01. The van der Waals surface area contributed by atoms with Crippen molar-refractivity contribution in [1.82, 2.24) is 0 Å². The molecule has 2 aromatic carbocycles. The number of benzene rings is 2. The van der Waals surface area contributed by atoms with Gasteiger partial charge in [0.15, 0.2) is 6.61 Å². The van der Waals surface area contributed by atoms with Gasteiger partial charge in [-0.15, -0.1) is 0 Å². The predicted molar refractivity (Wildman–Crippen MR) is 88.1 cm³/mol. The Morgan fingerprint density at radius 2 is 2.00 bits per heavy atom. The van der Waals surface area contributed by atoms with Gasteiger partial charge in [0.1, 0.15) is 17.1 Å². The minimum absolute atomic E-state index is 0.0826. The van der Waals surface area contributed by atoms with Crippen LogP contribution in [0.5, 0.6) is 5.75 Å². The number of aryl methyl sites for hydroxylation is 1. The van der Waals surface area contributed by atoms with Gasteiger partial charge in [-0.25, -0.2) is 9.18 Å². The molecule has 2 rings (SSSR count). The topological polar surface area (TPSA) is 64.6 Å². The lowest BCUT2D eigenvalue weighted by molar-refractivity contribution is -0.119. The first-order chi connectivity index (χ1) is 11.4. The minimum atomic E-state index is -1.01. The largest absolute Gasteiger partial charge is 0.495 e. The predicted octanol–water partition coefficient (Wildman–Crippen LogP) is 3.59. The molecule has 0 heterocycles. The van der Waals surface area contributed by atoms with Gasteiger partial charge in [-0.1, -0.05) is 23.7 Å². The molecule has 0 aliphatic carbocycles. The standard InChI is InChI=1S/C17H15ClFNO4/c1-10-6-7-14(23-2)13(8-10)20-15(21)9-24-17(22)16-11(18)4-3-5-12(16)19/h3-8H,9H2,1-2H3,(H,20,21).